The molecule has 0 bridgehead atoms. The molecule has 18 heavy (non-hydrogen) atoms. The average molecular weight is 250 g/mol. The molecule has 1 aliphatic carbocycles. The Morgan fingerprint density at radius 3 is 2.61 bits per heavy atom. The normalized spacial score (nSPS) is 25.2. The minimum Gasteiger partial charge on any atom is -0.381 e. The number of nitrogens with one attached hydrogen (secondary N) is 1. The van der Waals surface area contributed by atoms with Gasteiger partial charge in [0.2, 0.25) is 0 Å². The van der Waals surface area contributed by atoms with Crippen molar-refractivity contribution in [3.05, 3.63) is 11.6 Å². The molecule has 1 saturated carbocycles. The molecular formula is C13H22N4O. The minimum atomic E-state index is -0.387. The fourth-order valence-corrected chi connectivity index (χ4v) is 3.01. The number of H-pyrrole nitrogens is 1. The molecule has 0 amide bonds. The van der Waals surface area contributed by atoms with Crippen molar-refractivity contribution >= 4 is 0 Å². The summed E-state index contributed by atoms with van der Waals surface area (Å²) in [4.78, 5) is 4.68. The van der Waals surface area contributed by atoms with E-state index in [1.54, 1.807) is 0 Å². The summed E-state index contributed by atoms with van der Waals surface area (Å²) in [5.74, 6) is 2.39. The fraction of sp³-hybridized carbons (Fsp3) is 0.846. The molecule has 0 unspecified atom stereocenters. The van der Waals surface area contributed by atoms with Crippen molar-refractivity contribution in [3.8, 4) is 0 Å². The van der Waals surface area contributed by atoms with Crippen molar-refractivity contribution in [1.82, 2.24) is 15.2 Å². The Morgan fingerprint density at radius 2 is 1.89 bits per heavy atom. The first-order valence-electron chi connectivity index (χ1n) is 7.07. The molecular weight excluding hydrogens is 228 g/mol. The summed E-state index contributed by atoms with van der Waals surface area (Å²) < 4.78 is 5.36. The zero-order valence-electron chi connectivity index (χ0n) is 10.8. The van der Waals surface area contributed by atoms with Crippen LogP contribution in [0.5, 0.6) is 0 Å². The third kappa shape index (κ3) is 2.29. The summed E-state index contributed by atoms with van der Waals surface area (Å²) in [6.07, 6.45) is 8.06. The van der Waals surface area contributed by atoms with E-state index in [1.165, 1.54) is 32.1 Å². The van der Waals surface area contributed by atoms with Crippen molar-refractivity contribution in [1.29, 1.82) is 0 Å². The highest BCUT2D eigenvalue weighted by molar-refractivity contribution is 5.09. The van der Waals surface area contributed by atoms with Gasteiger partial charge in [-0.3, -0.25) is 5.10 Å². The maximum atomic E-state index is 6.40. The molecule has 1 aromatic heterocycles. The predicted molar refractivity (Wildman–Crippen MR) is 68.1 cm³/mol. The van der Waals surface area contributed by atoms with E-state index >= 15 is 0 Å². The Hall–Kier alpha value is -0.940. The fourth-order valence-electron chi connectivity index (χ4n) is 3.01. The molecule has 5 nitrogen and oxygen atoms in total. The van der Waals surface area contributed by atoms with Gasteiger partial charge in [-0.15, -0.1) is 0 Å². The summed E-state index contributed by atoms with van der Waals surface area (Å²) in [6, 6.07) is 0. The van der Waals surface area contributed by atoms with Gasteiger partial charge in [0.25, 0.3) is 0 Å². The number of aromatic nitrogens is 3. The Bertz CT molecular complexity index is 391. The van der Waals surface area contributed by atoms with Crippen LogP contribution in [0.4, 0.5) is 0 Å². The molecule has 0 radical (unpaired) electrons. The number of aromatic amines is 1. The highest BCUT2D eigenvalue weighted by Gasteiger charge is 2.34. The van der Waals surface area contributed by atoms with Crippen LogP contribution in [0.2, 0.25) is 0 Å². The van der Waals surface area contributed by atoms with Gasteiger partial charge in [-0.05, 0) is 25.7 Å². The molecule has 1 aromatic rings. The van der Waals surface area contributed by atoms with Crippen molar-refractivity contribution in [3.63, 3.8) is 0 Å². The number of ether oxygens (including phenoxy) is 1. The van der Waals surface area contributed by atoms with Gasteiger partial charge in [0.05, 0.1) is 5.54 Å². The Labute approximate surface area is 108 Å². The van der Waals surface area contributed by atoms with Gasteiger partial charge in [-0.2, -0.15) is 5.10 Å². The Balaban J connectivity index is 1.75. The third-order valence-electron chi connectivity index (χ3n) is 4.32. The van der Waals surface area contributed by atoms with Gasteiger partial charge in [0, 0.05) is 19.1 Å². The van der Waals surface area contributed by atoms with Gasteiger partial charge in [-0.1, -0.05) is 19.3 Å². The molecule has 5 heteroatoms. The van der Waals surface area contributed by atoms with E-state index in [4.69, 9.17) is 10.5 Å². The molecule has 2 aliphatic rings. The highest BCUT2D eigenvalue weighted by atomic mass is 16.5. The molecule has 2 heterocycles. The van der Waals surface area contributed by atoms with E-state index in [0.29, 0.717) is 19.1 Å². The van der Waals surface area contributed by atoms with Gasteiger partial charge in [0.1, 0.15) is 5.82 Å². The molecule has 0 aromatic carbocycles. The number of nitrogens with two attached hydrogens (primary N) is 1. The quantitative estimate of drug-likeness (QED) is 0.839. The maximum Gasteiger partial charge on any atom is 0.170 e. The zero-order valence-corrected chi connectivity index (χ0v) is 10.8. The summed E-state index contributed by atoms with van der Waals surface area (Å²) in [5, 5.41) is 7.49. The lowest BCUT2D eigenvalue weighted by atomic mass is 9.88. The highest BCUT2D eigenvalue weighted by Crippen LogP contribution is 2.32. The van der Waals surface area contributed by atoms with Crippen molar-refractivity contribution in [2.45, 2.75) is 56.4 Å². The lowest BCUT2D eigenvalue weighted by Crippen LogP contribution is -2.43. The first-order valence-corrected chi connectivity index (χ1v) is 7.07. The van der Waals surface area contributed by atoms with E-state index in [-0.39, 0.29) is 5.54 Å². The van der Waals surface area contributed by atoms with Gasteiger partial charge in [-0.25, -0.2) is 4.98 Å². The molecule has 0 spiro atoms. The summed E-state index contributed by atoms with van der Waals surface area (Å²) in [6.45, 7) is 1.42. The second-order valence-electron chi connectivity index (χ2n) is 5.65. The van der Waals surface area contributed by atoms with Crippen LogP contribution in [-0.2, 0) is 10.3 Å². The van der Waals surface area contributed by atoms with Gasteiger partial charge >= 0.3 is 0 Å². The second-order valence-corrected chi connectivity index (χ2v) is 5.65. The largest absolute Gasteiger partial charge is 0.381 e. The van der Waals surface area contributed by atoms with Crippen molar-refractivity contribution < 1.29 is 4.74 Å². The number of rotatable bonds is 2. The van der Waals surface area contributed by atoms with Crippen LogP contribution < -0.4 is 5.73 Å². The molecule has 3 rings (SSSR count). The lowest BCUT2D eigenvalue weighted by Gasteiger charge is -2.30. The summed E-state index contributed by atoms with van der Waals surface area (Å²) in [7, 11) is 0. The second kappa shape index (κ2) is 4.97. The summed E-state index contributed by atoms with van der Waals surface area (Å²) in [5.41, 5.74) is 6.01. The molecule has 3 N–H and O–H groups in total. The van der Waals surface area contributed by atoms with E-state index in [1.807, 2.05) is 0 Å². The molecule has 1 aliphatic heterocycles. The molecule has 2 fully saturated rings. The molecule has 100 valence electrons. The number of hydrogen-bond acceptors (Lipinski definition) is 4. The zero-order chi connectivity index (χ0) is 12.4. The van der Waals surface area contributed by atoms with Crippen LogP contribution in [0.15, 0.2) is 0 Å². The average Bonchev–Trinajstić information content (AvgIpc) is 2.91. The number of nitrogens with zero attached hydrogens (tertiary/aromatic N) is 2. The van der Waals surface area contributed by atoms with E-state index < -0.39 is 0 Å². The first kappa shape index (κ1) is 12.1. The molecule has 0 atom stereocenters. The first-order chi connectivity index (χ1) is 8.78. The number of hydrogen-bond donors (Lipinski definition) is 2. The maximum absolute atomic E-state index is 6.40. The Morgan fingerprint density at radius 1 is 1.17 bits per heavy atom. The van der Waals surface area contributed by atoms with Crippen LogP contribution in [0.3, 0.4) is 0 Å². The van der Waals surface area contributed by atoms with Gasteiger partial charge in [0.15, 0.2) is 5.82 Å². The van der Waals surface area contributed by atoms with Gasteiger partial charge < -0.3 is 10.5 Å². The van der Waals surface area contributed by atoms with E-state index in [9.17, 15) is 0 Å². The topological polar surface area (TPSA) is 76.8 Å². The lowest BCUT2D eigenvalue weighted by molar-refractivity contribution is 0.0493. The Kier molecular flexibility index (Phi) is 3.35. The SMILES string of the molecule is NC1(c2n[nH]c(C3CCCCC3)n2)CCOCC1. The van der Waals surface area contributed by atoms with E-state index in [2.05, 4.69) is 15.2 Å². The van der Waals surface area contributed by atoms with Crippen LogP contribution in [0.1, 0.15) is 62.5 Å². The van der Waals surface area contributed by atoms with Crippen molar-refractivity contribution in [2.24, 2.45) is 5.73 Å². The predicted octanol–water partition coefficient (Wildman–Crippen LogP) is 1.82. The van der Waals surface area contributed by atoms with Crippen LogP contribution in [0, 0.1) is 0 Å². The smallest absolute Gasteiger partial charge is 0.170 e. The minimum absolute atomic E-state index is 0.387. The summed E-state index contributed by atoms with van der Waals surface area (Å²) >= 11 is 0. The van der Waals surface area contributed by atoms with Crippen molar-refractivity contribution in [2.75, 3.05) is 13.2 Å². The van der Waals surface area contributed by atoms with Crippen LogP contribution >= 0.6 is 0 Å². The monoisotopic (exact) mass is 250 g/mol. The molecule has 1 saturated heterocycles. The third-order valence-corrected chi connectivity index (χ3v) is 4.32. The standard InChI is InChI=1S/C13H22N4O/c14-13(6-8-18-9-7-13)12-15-11(16-17-12)10-4-2-1-3-5-10/h10H,1-9,14H2,(H,15,16,17). The van der Waals surface area contributed by atoms with Crippen LogP contribution in [0.25, 0.3) is 0 Å². The van der Waals surface area contributed by atoms with Crippen LogP contribution in [-0.4, -0.2) is 28.4 Å². The van der Waals surface area contributed by atoms with E-state index in [0.717, 1.165) is 24.5 Å².